The molecule has 0 spiro atoms. The molecule has 0 aliphatic carbocycles. The van der Waals surface area contributed by atoms with Gasteiger partial charge in [0.25, 0.3) is 0 Å². The van der Waals surface area contributed by atoms with Crippen LogP contribution in [0, 0.1) is 0 Å². The molecule has 0 amide bonds. The lowest BCUT2D eigenvalue weighted by molar-refractivity contribution is -0.128. The quantitative estimate of drug-likeness (QED) is 0.928. The zero-order chi connectivity index (χ0) is 15.3. The molecule has 3 heteroatoms. The number of aryl methyl sites for hydroxylation is 1. The van der Waals surface area contributed by atoms with Gasteiger partial charge in [0.1, 0.15) is 5.75 Å². The number of fused-ring (bicyclic) bond motifs is 1. The van der Waals surface area contributed by atoms with Crippen LogP contribution in [0.4, 0.5) is 0 Å². The van der Waals surface area contributed by atoms with Crippen LogP contribution in [0.15, 0.2) is 18.2 Å². The Kier molecular flexibility index (Phi) is 3.34. The number of hydrogen-bond acceptors (Lipinski definition) is 3. The summed E-state index contributed by atoms with van der Waals surface area (Å²) >= 11 is 0. The molecule has 1 fully saturated rings. The molecule has 1 unspecified atom stereocenters. The standard InChI is InChI=1S/C18H26O3/c1-16(2)12-18(19,17(3,4)21-16)9-7-13-5-6-15-14(11-13)8-10-20-15/h5-6,11,19H,7-10,12H2,1-4H3. The first-order valence-electron chi connectivity index (χ1n) is 7.88. The summed E-state index contributed by atoms with van der Waals surface area (Å²) in [5.74, 6) is 1.02. The fraction of sp³-hybridized carbons (Fsp3) is 0.667. The number of aliphatic hydroxyl groups is 1. The van der Waals surface area contributed by atoms with E-state index in [0.717, 1.165) is 31.6 Å². The largest absolute Gasteiger partial charge is 0.493 e. The van der Waals surface area contributed by atoms with E-state index in [0.29, 0.717) is 6.42 Å². The second-order valence-corrected chi connectivity index (χ2v) is 7.62. The number of rotatable bonds is 3. The number of hydrogen-bond donors (Lipinski definition) is 1. The van der Waals surface area contributed by atoms with Crippen molar-refractivity contribution in [3.8, 4) is 5.75 Å². The maximum Gasteiger partial charge on any atom is 0.122 e. The summed E-state index contributed by atoms with van der Waals surface area (Å²) in [4.78, 5) is 0. The van der Waals surface area contributed by atoms with Crippen LogP contribution in [0.3, 0.4) is 0 Å². The van der Waals surface area contributed by atoms with E-state index in [9.17, 15) is 5.11 Å². The maximum absolute atomic E-state index is 11.1. The molecule has 1 aromatic rings. The molecule has 1 N–H and O–H groups in total. The van der Waals surface area contributed by atoms with Crippen LogP contribution >= 0.6 is 0 Å². The third kappa shape index (κ3) is 2.69. The highest BCUT2D eigenvalue weighted by molar-refractivity contribution is 5.39. The lowest BCUT2D eigenvalue weighted by Crippen LogP contribution is -2.46. The third-order valence-electron chi connectivity index (χ3n) is 4.95. The van der Waals surface area contributed by atoms with Crippen molar-refractivity contribution < 1.29 is 14.6 Å². The van der Waals surface area contributed by atoms with Crippen molar-refractivity contribution in [2.45, 2.75) is 70.2 Å². The molecular weight excluding hydrogens is 264 g/mol. The lowest BCUT2D eigenvalue weighted by atomic mass is 9.78. The van der Waals surface area contributed by atoms with Gasteiger partial charge in [-0.25, -0.2) is 0 Å². The second kappa shape index (κ2) is 4.72. The average molecular weight is 290 g/mol. The monoisotopic (exact) mass is 290 g/mol. The Morgan fingerprint density at radius 2 is 1.95 bits per heavy atom. The van der Waals surface area contributed by atoms with E-state index < -0.39 is 11.2 Å². The van der Waals surface area contributed by atoms with Crippen molar-refractivity contribution in [2.24, 2.45) is 0 Å². The topological polar surface area (TPSA) is 38.7 Å². The molecule has 21 heavy (non-hydrogen) atoms. The van der Waals surface area contributed by atoms with Crippen molar-refractivity contribution >= 4 is 0 Å². The predicted molar refractivity (Wildman–Crippen MR) is 82.8 cm³/mol. The lowest BCUT2D eigenvalue weighted by Gasteiger charge is -2.35. The molecule has 0 bridgehead atoms. The minimum absolute atomic E-state index is 0.260. The molecule has 116 valence electrons. The van der Waals surface area contributed by atoms with Crippen molar-refractivity contribution in [2.75, 3.05) is 6.61 Å². The molecule has 0 radical (unpaired) electrons. The first-order chi connectivity index (χ1) is 9.71. The normalized spacial score (nSPS) is 29.2. The van der Waals surface area contributed by atoms with Gasteiger partial charge in [-0.3, -0.25) is 0 Å². The summed E-state index contributed by atoms with van der Waals surface area (Å²) in [5.41, 5.74) is 1.03. The summed E-state index contributed by atoms with van der Waals surface area (Å²) in [6.45, 7) is 8.90. The molecule has 2 aliphatic heterocycles. The van der Waals surface area contributed by atoms with Gasteiger partial charge in [0, 0.05) is 12.8 Å². The van der Waals surface area contributed by atoms with Crippen LogP contribution in [-0.2, 0) is 17.6 Å². The van der Waals surface area contributed by atoms with Gasteiger partial charge in [-0.05, 0) is 57.7 Å². The van der Waals surface area contributed by atoms with Gasteiger partial charge in [-0.1, -0.05) is 12.1 Å². The van der Waals surface area contributed by atoms with E-state index in [4.69, 9.17) is 9.47 Å². The Morgan fingerprint density at radius 1 is 1.19 bits per heavy atom. The minimum Gasteiger partial charge on any atom is -0.493 e. The summed E-state index contributed by atoms with van der Waals surface area (Å²) < 4.78 is 11.6. The van der Waals surface area contributed by atoms with Gasteiger partial charge in [0.05, 0.1) is 23.4 Å². The van der Waals surface area contributed by atoms with E-state index in [1.54, 1.807) is 0 Å². The molecule has 0 aromatic heterocycles. The van der Waals surface area contributed by atoms with Crippen LogP contribution < -0.4 is 4.74 Å². The van der Waals surface area contributed by atoms with Crippen LogP contribution in [-0.4, -0.2) is 28.5 Å². The van der Waals surface area contributed by atoms with Crippen LogP contribution in [0.1, 0.15) is 51.7 Å². The Hall–Kier alpha value is -1.06. The molecular formula is C18H26O3. The Labute approximate surface area is 127 Å². The zero-order valence-corrected chi connectivity index (χ0v) is 13.5. The zero-order valence-electron chi connectivity index (χ0n) is 13.5. The first-order valence-corrected chi connectivity index (χ1v) is 7.88. The first kappa shape index (κ1) is 14.9. The van der Waals surface area contributed by atoms with Crippen molar-refractivity contribution in [1.29, 1.82) is 0 Å². The highest BCUT2D eigenvalue weighted by atomic mass is 16.5. The molecule has 3 nitrogen and oxygen atoms in total. The molecule has 1 aromatic carbocycles. The van der Waals surface area contributed by atoms with Gasteiger partial charge in [0.15, 0.2) is 0 Å². The van der Waals surface area contributed by atoms with Crippen molar-refractivity contribution in [3.05, 3.63) is 29.3 Å². The number of ether oxygens (including phenoxy) is 2. The van der Waals surface area contributed by atoms with Crippen LogP contribution in [0.2, 0.25) is 0 Å². The van der Waals surface area contributed by atoms with Gasteiger partial charge in [-0.15, -0.1) is 0 Å². The van der Waals surface area contributed by atoms with Gasteiger partial charge < -0.3 is 14.6 Å². The molecule has 0 saturated carbocycles. The predicted octanol–water partition coefficient (Wildman–Crippen LogP) is 3.26. The van der Waals surface area contributed by atoms with Gasteiger partial charge in [0.2, 0.25) is 0 Å². The van der Waals surface area contributed by atoms with E-state index in [1.165, 1.54) is 11.1 Å². The van der Waals surface area contributed by atoms with Gasteiger partial charge >= 0.3 is 0 Å². The van der Waals surface area contributed by atoms with Crippen LogP contribution in [0.25, 0.3) is 0 Å². The molecule has 2 heterocycles. The fourth-order valence-corrected chi connectivity index (χ4v) is 3.87. The third-order valence-corrected chi connectivity index (χ3v) is 4.95. The summed E-state index contributed by atoms with van der Waals surface area (Å²) in [6.07, 6.45) is 3.27. The van der Waals surface area contributed by atoms with E-state index in [1.807, 2.05) is 13.8 Å². The molecule has 3 rings (SSSR count). The van der Waals surface area contributed by atoms with Crippen molar-refractivity contribution in [1.82, 2.24) is 0 Å². The maximum atomic E-state index is 11.1. The number of benzene rings is 1. The highest BCUT2D eigenvalue weighted by Gasteiger charge is 2.55. The van der Waals surface area contributed by atoms with E-state index in [2.05, 4.69) is 32.0 Å². The Bertz CT molecular complexity index is 547. The van der Waals surface area contributed by atoms with Gasteiger partial charge in [-0.2, -0.15) is 0 Å². The Balaban J connectivity index is 1.72. The fourth-order valence-electron chi connectivity index (χ4n) is 3.87. The van der Waals surface area contributed by atoms with Crippen molar-refractivity contribution in [3.63, 3.8) is 0 Å². The van der Waals surface area contributed by atoms with E-state index >= 15 is 0 Å². The highest BCUT2D eigenvalue weighted by Crippen LogP contribution is 2.47. The molecule has 1 saturated heterocycles. The minimum atomic E-state index is -0.772. The summed E-state index contributed by atoms with van der Waals surface area (Å²) in [7, 11) is 0. The smallest absolute Gasteiger partial charge is 0.122 e. The second-order valence-electron chi connectivity index (χ2n) is 7.62. The van der Waals surface area contributed by atoms with E-state index in [-0.39, 0.29) is 5.60 Å². The SMILES string of the molecule is CC1(C)CC(O)(CCc2ccc3c(c2)CCO3)C(C)(C)O1. The average Bonchev–Trinajstić information content (AvgIpc) is 2.86. The Morgan fingerprint density at radius 3 is 2.62 bits per heavy atom. The summed E-state index contributed by atoms with van der Waals surface area (Å²) in [5, 5.41) is 11.1. The summed E-state index contributed by atoms with van der Waals surface area (Å²) in [6, 6.07) is 6.39. The molecule has 2 aliphatic rings. The van der Waals surface area contributed by atoms with Crippen LogP contribution in [0.5, 0.6) is 5.75 Å². The molecule has 1 atom stereocenters.